The van der Waals surface area contributed by atoms with E-state index in [9.17, 15) is 9.90 Å². The van der Waals surface area contributed by atoms with Gasteiger partial charge in [0.2, 0.25) is 0 Å². The van der Waals surface area contributed by atoms with Crippen LogP contribution in [-0.2, 0) is 11.8 Å². The number of phenols is 1. The van der Waals surface area contributed by atoms with Crippen molar-refractivity contribution >= 4 is 6.03 Å². The Bertz CT molecular complexity index is 759. The maximum absolute atomic E-state index is 11.8. The highest BCUT2D eigenvalue weighted by atomic mass is 16.3. The molecule has 4 rings (SSSR count). The Labute approximate surface area is 135 Å². The number of carbonyl (C=O) groups is 1. The van der Waals surface area contributed by atoms with E-state index in [0.29, 0.717) is 12.3 Å². The number of hydrogen-bond donors (Lipinski definition) is 2. The Morgan fingerprint density at radius 1 is 1.22 bits per heavy atom. The van der Waals surface area contributed by atoms with Gasteiger partial charge in [-0.2, -0.15) is 0 Å². The van der Waals surface area contributed by atoms with Gasteiger partial charge in [-0.25, -0.2) is 4.79 Å². The number of phenolic OH excluding ortho intramolecular Hbond substituents is 1. The fourth-order valence-electron chi connectivity index (χ4n) is 4.44. The average Bonchev–Trinajstić information content (AvgIpc) is 2.56. The van der Waals surface area contributed by atoms with Crippen molar-refractivity contribution in [2.45, 2.75) is 30.7 Å². The summed E-state index contributed by atoms with van der Waals surface area (Å²) < 4.78 is 0. The maximum atomic E-state index is 11.8. The van der Waals surface area contributed by atoms with Crippen molar-refractivity contribution in [2.75, 3.05) is 6.54 Å². The molecule has 1 saturated heterocycles. The third-order valence-corrected chi connectivity index (χ3v) is 5.48. The topological polar surface area (TPSA) is 66.6 Å². The van der Waals surface area contributed by atoms with Gasteiger partial charge in [0.05, 0.1) is 0 Å². The summed E-state index contributed by atoms with van der Waals surface area (Å²) in [6, 6.07) is 15.8. The summed E-state index contributed by atoms with van der Waals surface area (Å²) in [7, 11) is 0. The van der Waals surface area contributed by atoms with Crippen LogP contribution in [0.5, 0.6) is 5.75 Å². The van der Waals surface area contributed by atoms with E-state index in [1.165, 1.54) is 16.7 Å². The van der Waals surface area contributed by atoms with Crippen LogP contribution >= 0.6 is 0 Å². The molecule has 2 atom stereocenters. The van der Waals surface area contributed by atoms with E-state index in [1.807, 2.05) is 18.2 Å². The van der Waals surface area contributed by atoms with E-state index >= 15 is 0 Å². The second-order valence-electron chi connectivity index (χ2n) is 6.63. The first kappa shape index (κ1) is 14.1. The van der Waals surface area contributed by atoms with Gasteiger partial charge < -0.3 is 15.7 Å². The van der Waals surface area contributed by atoms with Crippen molar-refractivity contribution in [3.05, 3.63) is 65.2 Å². The number of carbonyl (C=O) groups excluding carboxylic acids is 1. The monoisotopic (exact) mass is 308 g/mol. The number of urea groups is 1. The molecule has 0 spiro atoms. The smallest absolute Gasteiger partial charge is 0.315 e. The third kappa shape index (κ3) is 2.09. The summed E-state index contributed by atoms with van der Waals surface area (Å²) in [6.45, 7) is 0.657. The van der Waals surface area contributed by atoms with Gasteiger partial charge in [0.15, 0.2) is 0 Å². The van der Waals surface area contributed by atoms with Gasteiger partial charge in [-0.1, -0.05) is 36.4 Å². The summed E-state index contributed by atoms with van der Waals surface area (Å²) in [5.74, 6) is 0.301. The molecule has 2 amide bonds. The Hall–Kier alpha value is -2.49. The van der Waals surface area contributed by atoms with Crippen molar-refractivity contribution in [3.8, 4) is 5.75 Å². The quantitative estimate of drug-likeness (QED) is 0.850. The molecular weight excluding hydrogens is 288 g/mol. The molecule has 118 valence electrons. The fraction of sp³-hybridized carbons (Fsp3) is 0.316. The number of hydrogen-bond acceptors (Lipinski definition) is 2. The number of primary amides is 1. The van der Waals surface area contributed by atoms with Crippen LogP contribution in [0.4, 0.5) is 4.79 Å². The van der Waals surface area contributed by atoms with Crippen LogP contribution in [0.25, 0.3) is 0 Å². The summed E-state index contributed by atoms with van der Waals surface area (Å²) in [5.41, 5.74) is 9.08. The molecule has 23 heavy (non-hydrogen) atoms. The number of rotatable bonds is 1. The maximum Gasteiger partial charge on any atom is 0.315 e. The van der Waals surface area contributed by atoms with E-state index in [4.69, 9.17) is 5.73 Å². The summed E-state index contributed by atoms with van der Waals surface area (Å²) in [5, 5.41) is 10.0. The van der Waals surface area contributed by atoms with E-state index in [1.54, 1.807) is 11.0 Å². The Morgan fingerprint density at radius 3 is 2.74 bits per heavy atom. The van der Waals surface area contributed by atoms with Crippen LogP contribution in [0, 0.1) is 0 Å². The number of nitrogens with two attached hydrogens (primary N) is 1. The van der Waals surface area contributed by atoms with Crippen LogP contribution in [-0.4, -0.2) is 28.6 Å². The number of nitrogens with zero attached hydrogens (tertiary/aromatic N) is 1. The lowest BCUT2D eigenvalue weighted by molar-refractivity contribution is 0.120. The van der Waals surface area contributed by atoms with Crippen LogP contribution < -0.4 is 5.73 Å². The molecule has 0 radical (unpaired) electrons. The molecule has 4 nitrogen and oxygen atoms in total. The zero-order valence-corrected chi connectivity index (χ0v) is 12.9. The zero-order valence-electron chi connectivity index (χ0n) is 12.9. The second-order valence-corrected chi connectivity index (χ2v) is 6.63. The highest BCUT2D eigenvalue weighted by molar-refractivity contribution is 5.73. The molecule has 3 N–H and O–H groups in total. The molecule has 1 aliphatic heterocycles. The lowest BCUT2D eigenvalue weighted by Gasteiger charge is -2.51. The molecule has 2 aromatic carbocycles. The molecule has 1 fully saturated rings. The Balaban J connectivity index is 1.90. The van der Waals surface area contributed by atoms with Crippen molar-refractivity contribution in [3.63, 3.8) is 0 Å². The molecule has 2 bridgehead atoms. The lowest BCUT2D eigenvalue weighted by atomic mass is 9.60. The second kappa shape index (κ2) is 5.01. The van der Waals surface area contributed by atoms with Gasteiger partial charge in [-0.3, -0.25) is 0 Å². The normalized spacial score (nSPS) is 25.7. The van der Waals surface area contributed by atoms with Gasteiger partial charge >= 0.3 is 6.03 Å². The minimum absolute atomic E-state index is 0.124. The first-order valence-electron chi connectivity index (χ1n) is 8.04. The molecule has 0 saturated carbocycles. The number of likely N-dealkylation sites (tertiary alicyclic amines) is 1. The highest BCUT2D eigenvalue weighted by Gasteiger charge is 2.47. The molecule has 0 aromatic heterocycles. The van der Waals surface area contributed by atoms with E-state index in [2.05, 4.69) is 24.3 Å². The van der Waals surface area contributed by atoms with Crippen LogP contribution in [0.15, 0.2) is 48.5 Å². The molecular formula is C19H20N2O2. The van der Waals surface area contributed by atoms with Crippen molar-refractivity contribution in [1.82, 2.24) is 4.90 Å². The van der Waals surface area contributed by atoms with Crippen molar-refractivity contribution < 1.29 is 9.90 Å². The van der Waals surface area contributed by atoms with Gasteiger partial charge in [0.1, 0.15) is 5.75 Å². The third-order valence-electron chi connectivity index (χ3n) is 5.48. The lowest BCUT2D eigenvalue weighted by Crippen LogP contribution is -2.56. The van der Waals surface area contributed by atoms with Crippen LogP contribution in [0.2, 0.25) is 0 Å². The van der Waals surface area contributed by atoms with E-state index in [-0.39, 0.29) is 17.5 Å². The molecule has 2 aromatic rings. The summed E-state index contributed by atoms with van der Waals surface area (Å²) >= 11 is 0. The minimum Gasteiger partial charge on any atom is -0.508 e. The zero-order chi connectivity index (χ0) is 16.0. The number of fused-ring (bicyclic) bond motifs is 4. The number of piperidine rings is 1. The van der Waals surface area contributed by atoms with E-state index < -0.39 is 0 Å². The standard InChI is InChI=1S/C19H20N2O2/c20-18(23)21-9-8-19(14-4-2-1-3-5-14)12-15(21)10-13-6-7-16(22)11-17(13)19/h1-7,11,15,22H,8-10,12H2,(H2,20,23). The minimum atomic E-state index is -0.334. The predicted molar refractivity (Wildman–Crippen MR) is 88.3 cm³/mol. The van der Waals surface area contributed by atoms with Crippen molar-refractivity contribution in [1.29, 1.82) is 0 Å². The number of amides is 2. The largest absolute Gasteiger partial charge is 0.508 e. The van der Waals surface area contributed by atoms with Crippen LogP contribution in [0.1, 0.15) is 29.5 Å². The van der Waals surface area contributed by atoms with Gasteiger partial charge in [0.25, 0.3) is 0 Å². The summed E-state index contributed by atoms with van der Waals surface area (Å²) in [4.78, 5) is 13.6. The number of aromatic hydroxyl groups is 1. The SMILES string of the molecule is NC(=O)N1CCC2(c3ccccc3)CC1Cc1ccc(O)cc12. The molecule has 2 unspecified atom stereocenters. The molecule has 4 heteroatoms. The highest BCUT2D eigenvalue weighted by Crippen LogP contribution is 2.49. The number of benzene rings is 2. The molecule has 1 aliphatic carbocycles. The molecule has 1 heterocycles. The van der Waals surface area contributed by atoms with Gasteiger partial charge in [-0.05, 0) is 48.1 Å². The van der Waals surface area contributed by atoms with Gasteiger partial charge in [-0.15, -0.1) is 0 Å². The fourth-order valence-corrected chi connectivity index (χ4v) is 4.44. The van der Waals surface area contributed by atoms with Crippen molar-refractivity contribution in [2.24, 2.45) is 5.73 Å². The van der Waals surface area contributed by atoms with E-state index in [0.717, 1.165) is 19.3 Å². The Kier molecular flexibility index (Phi) is 3.08. The average molecular weight is 308 g/mol. The Morgan fingerprint density at radius 2 is 2.00 bits per heavy atom. The van der Waals surface area contributed by atoms with Crippen LogP contribution in [0.3, 0.4) is 0 Å². The summed E-state index contributed by atoms with van der Waals surface area (Å²) in [6.07, 6.45) is 2.48. The molecule has 2 aliphatic rings. The first-order chi connectivity index (χ1) is 11.1. The van der Waals surface area contributed by atoms with Gasteiger partial charge in [0, 0.05) is 18.0 Å². The first-order valence-corrected chi connectivity index (χ1v) is 8.04. The predicted octanol–water partition coefficient (Wildman–Crippen LogP) is 2.78.